The van der Waals surface area contributed by atoms with Crippen LogP contribution in [-0.4, -0.2) is 31.1 Å². The van der Waals surface area contributed by atoms with Gasteiger partial charge in [0.15, 0.2) is 0 Å². The molecule has 0 bridgehead atoms. The van der Waals surface area contributed by atoms with E-state index < -0.39 is 0 Å². The molecule has 0 spiro atoms. The number of benzene rings is 1. The van der Waals surface area contributed by atoms with E-state index in [1.54, 1.807) is 0 Å². The third-order valence-corrected chi connectivity index (χ3v) is 4.16. The zero-order chi connectivity index (χ0) is 12.3. The molecule has 1 aliphatic heterocycles. The van der Waals surface area contributed by atoms with E-state index in [1.165, 1.54) is 5.56 Å². The van der Waals surface area contributed by atoms with Crippen LogP contribution in [0.5, 0.6) is 0 Å². The smallest absolute Gasteiger partial charge is 0.0347 e. The summed E-state index contributed by atoms with van der Waals surface area (Å²) in [5.41, 5.74) is 1.40. The molecular weight excluding hydrogens is 415 g/mol. The summed E-state index contributed by atoms with van der Waals surface area (Å²) in [6.07, 6.45) is 1.16. The lowest BCUT2D eigenvalue weighted by molar-refractivity contribution is 0.169. The van der Waals surface area contributed by atoms with Crippen LogP contribution in [0.2, 0.25) is 0 Å². The van der Waals surface area contributed by atoms with Crippen molar-refractivity contribution in [3.63, 3.8) is 0 Å². The molecule has 0 aliphatic carbocycles. The summed E-state index contributed by atoms with van der Waals surface area (Å²) in [4.78, 5) is 2.57. The molecule has 19 heavy (non-hydrogen) atoms. The molecule has 1 heterocycles. The Morgan fingerprint density at radius 2 is 1.63 bits per heavy atom. The fourth-order valence-corrected chi connectivity index (χ4v) is 3.80. The zero-order valence-electron chi connectivity index (χ0n) is 10.9. The van der Waals surface area contributed by atoms with Gasteiger partial charge in [-0.15, -0.1) is 24.8 Å². The van der Waals surface area contributed by atoms with Crippen LogP contribution in [-0.2, 0) is 0 Å². The molecule has 1 aromatic rings. The lowest BCUT2D eigenvalue weighted by Crippen LogP contribution is -2.45. The first kappa shape index (κ1) is 19.7. The third-order valence-electron chi connectivity index (χ3n) is 3.25. The van der Waals surface area contributed by atoms with Crippen LogP contribution in [0.25, 0.3) is 0 Å². The van der Waals surface area contributed by atoms with Gasteiger partial charge >= 0.3 is 0 Å². The van der Waals surface area contributed by atoms with Gasteiger partial charge in [-0.25, -0.2) is 0 Å². The molecule has 0 radical (unpaired) electrons. The second-order valence-electron chi connectivity index (χ2n) is 4.41. The number of halogens is 4. The summed E-state index contributed by atoms with van der Waals surface area (Å²) in [5.74, 6) is 0. The molecule has 1 aromatic carbocycles. The number of nitrogens with zero attached hydrogens (tertiary/aromatic N) is 1. The molecule has 2 rings (SSSR count). The van der Waals surface area contributed by atoms with Crippen LogP contribution in [0.1, 0.15) is 24.9 Å². The molecule has 2 nitrogen and oxygen atoms in total. The third kappa shape index (κ3) is 5.52. The predicted octanol–water partition coefficient (Wildman–Crippen LogP) is 4.41. The number of piperazine rings is 1. The fourth-order valence-electron chi connectivity index (χ4n) is 2.47. The second kappa shape index (κ2) is 9.59. The van der Waals surface area contributed by atoms with E-state index >= 15 is 0 Å². The first-order chi connectivity index (χ1) is 8.20. The molecule has 0 saturated carbocycles. The number of hydrogen-bond acceptors (Lipinski definition) is 2. The maximum absolute atomic E-state index is 3.57. The molecule has 1 N–H and O–H groups in total. The predicted molar refractivity (Wildman–Crippen MR) is 93.8 cm³/mol. The topological polar surface area (TPSA) is 15.3 Å². The lowest BCUT2D eigenvalue weighted by atomic mass is 10.0. The van der Waals surface area contributed by atoms with E-state index in [0.29, 0.717) is 6.04 Å². The van der Waals surface area contributed by atoms with Crippen LogP contribution < -0.4 is 5.32 Å². The van der Waals surface area contributed by atoms with Crippen LogP contribution >= 0.6 is 56.7 Å². The molecule has 6 heteroatoms. The van der Waals surface area contributed by atoms with Gasteiger partial charge in [-0.2, -0.15) is 0 Å². The number of rotatable bonds is 3. The summed E-state index contributed by atoms with van der Waals surface area (Å²) in [5, 5.41) is 3.41. The first-order valence-corrected chi connectivity index (χ1v) is 7.70. The fraction of sp³-hybridized carbons (Fsp3) is 0.538. The van der Waals surface area contributed by atoms with E-state index in [-0.39, 0.29) is 24.8 Å². The normalized spacial score (nSPS) is 17.2. The van der Waals surface area contributed by atoms with Gasteiger partial charge in [0.25, 0.3) is 0 Å². The summed E-state index contributed by atoms with van der Waals surface area (Å²) >= 11 is 7.15. The maximum Gasteiger partial charge on any atom is 0.0347 e. The van der Waals surface area contributed by atoms with Crippen molar-refractivity contribution >= 4 is 56.7 Å². The van der Waals surface area contributed by atoms with E-state index in [1.807, 2.05) is 0 Å². The van der Waals surface area contributed by atoms with Gasteiger partial charge in [0.05, 0.1) is 0 Å². The monoisotopic (exact) mass is 432 g/mol. The minimum atomic E-state index is 0. The first-order valence-electron chi connectivity index (χ1n) is 6.11. The van der Waals surface area contributed by atoms with Crippen molar-refractivity contribution in [3.8, 4) is 0 Å². The average molecular weight is 435 g/mol. The summed E-state index contributed by atoms with van der Waals surface area (Å²) < 4.78 is 2.30. The Balaban J connectivity index is 0.00000162. The Bertz CT molecular complexity index is 365. The van der Waals surface area contributed by atoms with Gasteiger partial charge in [0.2, 0.25) is 0 Å². The highest BCUT2D eigenvalue weighted by Crippen LogP contribution is 2.29. The second-order valence-corrected chi connectivity index (χ2v) is 6.24. The Morgan fingerprint density at radius 3 is 2.11 bits per heavy atom. The van der Waals surface area contributed by atoms with Crippen molar-refractivity contribution in [1.82, 2.24) is 10.2 Å². The Hall–Kier alpha value is 0.680. The van der Waals surface area contributed by atoms with E-state index in [0.717, 1.165) is 41.5 Å². The lowest BCUT2D eigenvalue weighted by Gasteiger charge is -2.34. The van der Waals surface area contributed by atoms with E-state index in [9.17, 15) is 0 Å². The Labute approximate surface area is 144 Å². The summed E-state index contributed by atoms with van der Waals surface area (Å²) in [6, 6.07) is 7.10. The largest absolute Gasteiger partial charge is 0.314 e. The highest BCUT2D eigenvalue weighted by atomic mass is 79.9. The van der Waals surface area contributed by atoms with Gasteiger partial charge in [-0.3, -0.25) is 4.90 Å². The van der Waals surface area contributed by atoms with Crippen LogP contribution in [0, 0.1) is 0 Å². The van der Waals surface area contributed by atoms with Crippen molar-refractivity contribution in [2.24, 2.45) is 0 Å². The van der Waals surface area contributed by atoms with E-state index in [2.05, 4.69) is 67.2 Å². The van der Waals surface area contributed by atoms with Crippen molar-refractivity contribution in [2.75, 3.05) is 26.2 Å². The maximum atomic E-state index is 3.57. The molecule has 1 atom stereocenters. The van der Waals surface area contributed by atoms with E-state index in [4.69, 9.17) is 0 Å². The van der Waals surface area contributed by atoms with Gasteiger partial charge in [-0.05, 0) is 30.2 Å². The van der Waals surface area contributed by atoms with Crippen molar-refractivity contribution in [3.05, 3.63) is 32.7 Å². The molecular formula is C13H20Br2Cl2N2. The van der Waals surface area contributed by atoms with Gasteiger partial charge in [0.1, 0.15) is 0 Å². The zero-order valence-corrected chi connectivity index (χ0v) is 15.7. The van der Waals surface area contributed by atoms with Crippen molar-refractivity contribution in [2.45, 2.75) is 19.4 Å². The SMILES string of the molecule is CC[C@@H](c1cc(Br)cc(Br)c1)N1CCNCC1.Cl.Cl. The highest BCUT2D eigenvalue weighted by Gasteiger charge is 2.20. The summed E-state index contributed by atoms with van der Waals surface area (Å²) in [7, 11) is 0. The van der Waals surface area contributed by atoms with Crippen LogP contribution in [0.15, 0.2) is 27.1 Å². The number of nitrogens with one attached hydrogen (secondary N) is 1. The quantitative estimate of drug-likeness (QED) is 0.757. The standard InChI is InChI=1S/C13H18Br2N2.2ClH/c1-2-13(17-5-3-16-4-6-17)10-7-11(14)9-12(15)8-10;;/h7-9,13,16H,2-6H2,1H3;2*1H/t13-;;/m0../s1. The van der Waals surface area contributed by atoms with Gasteiger partial charge in [0, 0.05) is 41.2 Å². The van der Waals surface area contributed by atoms with Crippen LogP contribution in [0.4, 0.5) is 0 Å². The minimum absolute atomic E-state index is 0. The Morgan fingerprint density at radius 1 is 1.11 bits per heavy atom. The minimum Gasteiger partial charge on any atom is -0.314 e. The molecule has 0 unspecified atom stereocenters. The Kier molecular flexibility index (Phi) is 9.93. The average Bonchev–Trinajstić information content (AvgIpc) is 2.30. The van der Waals surface area contributed by atoms with Gasteiger partial charge in [-0.1, -0.05) is 38.8 Å². The van der Waals surface area contributed by atoms with Crippen molar-refractivity contribution in [1.29, 1.82) is 0 Å². The molecule has 0 aromatic heterocycles. The molecule has 1 saturated heterocycles. The molecule has 1 fully saturated rings. The molecule has 110 valence electrons. The summed E-state index contributed by atoms with van der Waals surface area (Å²) in [6.45, 7) is 6.75. The molecule has 0 amide bonds. The van der Waals surface area contributed by atoms with Gasteiger partial charge < -0.3 is 5.32 Å². The highest BCUT2D eigenvalue weighted by molar-refractivity contribution is 9.11. The number of hydrogen-bond donors (Lipinski definition) is 1. The van der Waals surface area contributed by atoms with Crippen LogP contribution in [0.3, 0.4) is 0 Å². The molecule has 1 aliphatic rings. The van der Waals surface area contributed by atoms with Crippen molar-refractivity contribution < 1.29 is 0 Å².